The Bertz CT molecular complexity index is 1490. The van der Waals surface area contributed by atoms with Gasteiger partial charge in [-0.2, -0.15) is 0 Å². The van der Waals surface area contributed by atoms with Crippen molar-refractivity contribution >= 4 is 29.1 Å². The average Bonchev–Trinajstić information content (AvgIpc) is 3.65. The van der Waals surface area contributed by atoms with E-state index in [9.17, 15) is 9.59 Å². The zero-order valence-corrected chi connectivity index (χ0v) is 22.7. The van der Waals surface area contributed by atoms with Crippen molar-refractivity contribution in [3.8, 4) is 17.1 Å². The van der Waals surface area contributed by atoms with Gasteiger partial charge in [0.05, 0.1) is 25.0 Å². The first kappa shape index (κ1) is 26.1. The van der Waals surface area contributed by atoms with E-state index in [1.165, 1.54) is 6.26 Å². The monoisotopic (exact) mass is 559 g/mol. The molecule has 1 saturated heterocycles. The number of amides is 2. The van der Waals surface area contributed by atoms with Crippen LogP contribution in [0.4, 0.5) is 5.69 Å². The van der Waals surface area contributed by atoms with E-state index in [4.69, 9.17) is 25.2 Å². The number of likely N-dealkylation sites (tertiary alicyclic amines) is 1. The Morgan fingerprint density at radius 2 is 1.75 bits per heavy atom. The van der Waals surface area contributed by atoms with Crippen LogP contribution in [0.25, 0.3) is 11.3 Å². The van der Waals surface area contributed by atoms with Crippen LogP contribution in [0, 0.1) is 0 Å². The maximum atomic E-state index is 12.8. The lowest BCUT2D eigenvalue weighted by Gasteiger charge is -2.41. The van der Waals surface area contributed by atoms with Crippen LogP contribution in [-0.4, -0.2) is 48.5 Å². The van der Waals surface area contributed by atoms with Crippen molar-refractivity contribution in [2.75, 3.05) is 31.1 Å². The first-order valence-corrected chi connectivity index (χ1v) is 13.8. The smallest absolute Gasteiger partial charge is 0.287 e. The summed E-state index contributed by atoms with van der Waals surface area (Å²) in [7, 11) is 0. The third-order valence-corrected chi connectivity index (χ3v) is 7.89. The fraction of sp³-hybridized carbons (Fsp3) is 0.290. The highest BCUT2D eigenvalue weighted by Crippen LogP contribution is 2.41. The van der Waals surface area contributed by atoms with Gasteiger partial charge < -0.3 is 28.7 Å². The molecule has 1 spiro atoms. The molecule has 0 bridgehead atoms. The number of carbonyl (C=O) groups excluding carboxylic acids is 2. The second kappa shape index (κ2) is 11.1. The normalized spacial score (nSPS) is 16.2. The lowest BCUT2D eigenvalue weighted by atomic mass is 9.87. The SMILES string of the molecule is O=C(NCC(=O)N1CCC2(CC1)CCN(Cc1ccc(-c3cccc(Cl)c3)o1)c1ccccc1O2)c1ccco1. The highest BCUT2D eigenvalue weighted by Gasteiger charge is 2.40. The third-order valence-electron chi connectivity index (χ3n) is 7.66. The molecule has 1 N–H and O–H groups in total. The van der Waals surface area contributed by atoms with Crippen molar-refractivity contribution in [1.82, 2.24) is 10.2 Å². The molecule has 4 heterocycles. The molecule has 0 radical (unpaired) electrons. The highest BCUT2D eigenvalue weighted by molar-refractivity contribution is 6.30. The Kier molecular flexibility index (Phi) is 7.26. The molecule has 0 saturated carbocycles. The van der Waals surface area contributed by atoms with Gasteiger partial charge in [0, 0.05) is 49.5 Å². The topological polar surface area (TPSA) is 88.2 Å². The molecular weight excluding hydrogens is 530 g/mol. The average molecular weight is 560 g/mol. The predicted octanol–water partition coefficient (Wildman–Crippen LogP) is 5.77. The van der Waals surface area contributed by atoms with Gasteiger partial charge in [-0.3, -0.25) is 9.59 Å². The third kappa shape index (κ3) is 5.58. The van der Waals surface area contributed by atoms with Gasteiger partial charge in [-0.15, -0.1) is 0 Å². The number of carbonyl (C=O) groups is 2. The fourth-order valence-corrected chi connectivity index (χ4v) is 5.63. The van der Waals surface area contributed by atoms with Gasteiger partial charge in [0.25, 0.3) is 5.91 Å². The van der Waals surface area contributed by atoms with E-state index >= 15 is 0 Å². The quantitative estimate of drug-likeness (QED) is 0.322. The maximum absolute atomic E-state index is 12.8. The number of piperidine rings is 1. The zero-order valence-electron chi connectivity index (χ0n) is 22.0. The largest absolute Gasteiger partial charge is 0.485 e. The number of nitrogens with zero attached hydrogens (tertiary/aromatic N) is 2. The van der Waals surface area contributed by atoms with Gasteiger partial charge in [-0.1, -0.05) is 35.9 Å². The second-order valence-corrected chi connectivity index (χ2v) is 10.7. The molecule has 2 aromatic carbocycles. The number of furan rings is 2. The summed E-state index contributed by atoms with van der Waals surface area (Å²) in [4.78, 5) is 29.0. The molecule has 0 unspecified atom stereocenters. The molecule has 0 atom stereocenters. The van der Waals surface area contributed by atoms with Crippen LogP contribution in [0.2, 0.25) is 5.02 Å². The summed E-state index contributed by atoms with van der Waals surface area (Å²) < 4.78 is 18.0. The van der Waals surface area contributed by atoms with Gasteiger partial charge in [0.2, 0.25) is 5.91 Å². The van der Waals surface area contributed by atoms with E-state index in [-0.39, 0.29) is 23.8 Å². The number of rotatable bonds is 6. The van der Waals surface area contributed by atoms with Gasteiger partial charge in [0.15, 0.2) is 5.76 Å². The van der Waals surface area contributed by atoms with Crippen molar-refractivity contribution in [3.05, 3.63) is 95.6 Å². The molecule has 0 aliphatic carbocycles. The van der Waals surface area contributed by atoms with Crippen LogP contribution in [-0.2, 0) is 11.3 Å². The Morgan fingerprint density at radius 3 is 2.55 bits per heavy atom. The van der Waals surface area contributed by atoms with Crippen molar-refractivity contribution in [2.45, 2.75) is 31.4 Å². The van der Waals surface area contributed by atoms with Crippen molar-refractivity contribution in [3.63, 3.8) is 0 Å². The summed E-state index contributed by atoms with van der Waals surface area (Å²) in [5.41, 5.74) is 1.60. The van der Waals surface area contributed by atoms with Crippen LogP contribution in [0.3, 0.4) is 0 Å². The second-order valence-electron chi connectivity index (χ2n) is 10.2. The van der Waals surface area contributed by atoms with Crippen LogP contribution >= 0.6 is 11.6 Å². The zero-order chi connectivity index (χ0) is 27.5. The molecule has 1 fully saturated rings. The number of benzene rings is 2. The Balaban J connectivity index is 1.10. The molecule has 2 aromatic heterocycles. The molecule has 8 nitrogen and oxygen atoms in total. The van der Waals surface area contributed by atoms with Crippen LogP contribution in [0.1, 0.15) is 35.6 Å². The van der Waals surface area contributed by atoms with Gasteiger partial charge in [-0.25, -0.2) is 0 Å². The van der Waals surface area contributed by atoms with Gasteiger partial charge >= 0.3 is 0 Å². The lowest BCUT2D eigenvalue weighted by molar-refractivity contribution is -0.133. The summed E-state index contributed by atoms with van der Waals surface area (Å²) in [5.74, 6) is 2.16. The fourth-order valence-electron chi connectivity index (χ4n) is 5.44. The van der Waals surface area contributed by atoms with E-state index in [1.54, 1.807) is 17.0 Å². The first-order chi connectivity index (χ1) is 19.5. The standard InChI is InChI=1S/C31H30ClN3O5/c32-23-6-3-5-22(19-23)26-11-10-24(39-26)21-35-17-14-31(40-27-8-2-1-7-25(27)35)12-15-34(16-13-31)29(36)20-33-30(37)28-9-4-18-38-28/h1-11,18-19H,12-17,20-21H2,(H,33,37). The van der Waals surface area contributed by atoms with Crippen molar-refractivity contribution in [2.24, 2.45) is 0 Å². The van der Waals surface area contributed by atoms with Gasteiger partial charge in [0.1, 0.15) is 22.9 Å². The molecule has 40 heavy (non-hydrogen) atoms. The van der Waals surface area contributed by atoms with Crippen LogP contribution in [0.15, 0.2) is 87.9 Å². The number of ether oxygens (including phenoxy) is 1. The van der Waals surface area contributed by atoms with E-state index < -0.39 is 5.91 Å². The summed E-state index contributed by atoms with van der Waals surface area (Å²) in [6.45, 7) is 2.47. The van der Waals surface area contributed by atoms with E-state index in [2.05, 4.69) is 16.3 Å². The Hall–Kier alpha value is -4.17. The summed E-state index contributed by atoms with van der Waals surface area (Å²) >= 11 is 6.17. The summed E-state index contributed by atoms with van der Waals surface area (Å²) in [5, 5.41) is 3.31. The summed E-state index contributed by atoms with van der Waals surface area (Å²) in [6, 6.07) is 22.9. The van der Waals surface area contributed by atoms with Crippen molar-refractivity contribution < 1.29 is 23.2 Å². The number of anilines is 1. The van der Waals surface area contributed by atoms with Gasteiger partial charge in [-0.05, 0) is 48.5 Å². The van der Waals surface area contributed by atoms with E-state index in [0.29, 0.717) is 37.5 Å². The Morgan fingerprint density at radius 1 is 0.925 bits per heavy atom. The molecule has 2 amide bonds. The molecule has 9 heteroatoms. The molecule has 4 aromatic rings. The van der Waals surface area contributed by atoms with Crippen LogP contribution < -0.4 is 15.0 Å². The van der Waals surface area contributed by atoms with Crippen molar-refractivity contribution in [1.29, 1.82) is 0 Å². The van der Waals surface area contributed by atoms with Crippen LogP contribution in [0.5, 0.6) is 5.75 Å². The maximum Gasteiger partial charge on any atom is 0.287 e. The number of halogens is 1. The molecular formula is C31H30ClN3O5. The Labute approximate surface area is 237 Å². The van der Waals surface area contributed by atoms with E-state index in [0.717, 1.165) is 41.5 Å². The minimum atomic E-state index is -0.396. The first-order valence-electron chi connectivity index (χ1n) is 13.5. The number of nitrogens with one attached hydrogen (secondary N) is 1. The number of hydrogen-bond acceptors (Lipinski definition) is 6. The predicted molar refractivity (Wildman–Crippen MR) is 151 cm³/mol. The molecule has 6 rings (SSSR count). The number of fused-ring (bicyclic) bond motifs is 1. The van der Waals surface area contributed by atoms with E-state index in [1.807, 2.05) is 54.6 Å². The lowest BCUT2D eigenvalue weighted by Crippen LogP contribution is -2.52. The minimum Gasteiger partial charge on any atom is -0.485 e. The molecule has 2 aliphatic rings. The molecule has 2 aliphatic heterocycles. The number of para-hydroxylation sites is 2. The summed E-state index contributed by atoms with van der Waals surface area (Å²) in [6.07, 6.45) is 3.68. The minimum absolute atomic E-state index is 0.0652. The molecule has 206 valence electrons. The number of hydrogen-bond donors (Lipinski definition) is 1. The highest BCUT2D eigenvalue weighted by atomic mass is 35.5.